The average molecular weight is 347 g/mol. The van der Waals surface area contributed by atoms with Crippen molar-refractivity contribution in [3.8, 4) is 0 Å². The summed E-state index contributed by atoms with van der Waals surface area (Å²) in [4.78, 5) is 0. The van der Waals surface area contributed by atoms with Crippen LogP contribution in [0, 0.1) is 0 Å². The van der Waals surface area contributed by atoms with Gasteiger partial charge in [-0.05, 0) is 0 Å². The minimum absolute atomic E-state index is 0.276. The zero-order chi connectivity index (χ0) is 9.12. The van der Waals surface area contributed by atoms with Crippen LogP contribution in [-0.2, 0) is 0 Å². The topological polar surface area (TPSA) is 0 Å². The van der Waals surface area contributed by atoms with Gasteiger partial charge in [-0.25, -0.2) is 0 Å². The fourth-order valence-corrected chi connectivity index (χ4v) is 17.5. The monoisotopic (exact) mass is 346 g/mol. The second kappa shape index (κ2) is 4.66. The van der Waals surface area contributed by atoms with E-state index in [-0.39, 0.29) is 2.07 Å². The molecule has 0 aromatic heterocycles. The van der Waals surface area contributed by atoms with Crippen molar-refractivity contribution in [1.29, 1.82) is 0 Å². The van der Waals surface area contributed by atoms with Gasteiger partial charge >= 0.3 is 90.6 Å². The van der Waals surface area contributed by atoms with Crippen LogP contribution in [0.4, 0.5) is 0 Å². The van der Waals surface area contributed by atoms with Gasteiger partial charge in [0.1, 0.15) is 0 Å². The van der Waals surface area contributed by atoms with Gasteiger partial charge in [0.2, 0.25) is 0 Å². The van der Waals surface area contributed by atoms with Gasteiger partial charge < -0.3 is 0 Å². The fraction of sp³-hybridized carbons (Fsp3) is 1.00. The van der Waals surface area contributed by atoms with E-state index in [9.17, 15) is 0 Å². The SMILES string of the molecule is C[CH2][Ge]([CH2]C)([CH2]C)[C](C)(Br)Br. The third-order valence-electron chi connectivity index (χ3n) is 2.96. The molecule has 0 amide bonds. The van der Waals surface area contributed by atoms with Gasteiger partial charge in [-0.2, -0.15) is 0 Å². The van der Waals surface area contributed by atoms with Crippen LogP contribution < -0.4 is 0 Å². The first-order valence-corrected chi connectivity index (χ1v) is 11.4. The molecule has 0 bridgehead atoms. The average Bonchev–Trinajstić information content (AvgIpc) is 1.90. The van der Waals surface area contributed by atoms with Crippen molar-refractivity contribution >= 4 is 45.1 Å². The van der Waals surface area contributed by atoms with Crippen LogP contribution in [0.1, 0.15) is 27.7 Å². The molecule has 0 rings (SSSR count). The molecule has 0 aliphatic carbocycles. The number of alkyl halides is 2. The molecule has 0 aromatic rings. The molecular formula is C8H18Br2Ge. The predicted octanol–water partition coefficient (Wildman–Crippen LogP) is 4.54. The van der Waals surface area contributed by atoms with E-state index in [1.807, 2.05) is 0 Å². The van der Waals surface area contributed by atoms with Crippen molar-refractivity contribution in [2.24, 2.45) is 0 Å². The van der Waals surface area contributed by atoms with Crippen LogP contribution in [0.15, 0.2) is 0 Å². The Labute approximate surface area is 90.1 Å². The van der Waals surface area contributed by atoms with Crippen LogP contribution in [-0.4, -0.2) is 15.3 Å². The van der Waals surface area contributed by atoms with Crippen LogP contribution in [0.2, 0.25) is 15.8 Å². The Bertz CT molecular complexity index is 105. The standard InChI is InChI=1S/C8H18Br2Ge/c1-5-11(6-2,7-3)8(4,9)10/h5-7H2,1-4H3. The van der Waals surface area contributed by atoms with E-state index >= 15 is 0 Å². The summed E-state index contributed by atoms with van der Waals surface area (Å²) in [5.74, 6) is 0. The van der Waals surface area contributed by atoms with Crippen molar-refractivity contribution in [2.75, 3.05) is 0 Å². The molecule has 0 heterocycles. The summed E-state index contributed by atoms with van der Waals surface area (Å²) in [6, 6.07) is 0. The summed E-state index contributed by atoms with van der Waals surface area (Å²) in [5.41, 5.74) is 0. The molecule has 0 N–H and O–H groups in total. The summed E-state index contributed by atoms with van der Waals surface area (Å²) in [5, 5.41) is 4.21. The van der Waals surface area contributed by atoms with E-state index < -0.39 is 13.3 Å². The molecule has 11 heavy (non-hydrogen) atoms. The molecule has 0 saturated carbocycles. The Kier molecular flexibility index (Phi) is 5.30. The minimum atomic E-state index is -1.60. The van der Waals surface area contributed by atoms with Crippen LogP contribution in [0.5, 0.6) is 0 Å². The van der Waals surface area contributed by atoms with Crippen molar-refractivity contribution < 1.29 is 0 Å². The number of hydrogen-bond acceptors (Lipinski definition) is 0. The fourth-order valence-electron chi connectivity index (χ4n) is 1.68. The first-order valence-electron chi connectivity index (χ1n) is 4.31. The summed E-state index contributed by atoms with van der Waals surface area (Å²) in [6.07, 6.45) is 0. The summed E-state index contributed by atoms with van der Waals surface area (Å²) in [6.45, 7) is 9.30. The third kappa shape index (κ3) is 2.73. The van der Waals surface area contributed by atoms with E-state index in [4.69, 9.17) is 0 Å². The Morgan fingerprint density at radius 1 is 1.00 bits per heavy atom. The van der Waals surface area contributed by atoms with Crippen molar-refractivity contribution in [3.63, 3.8) is 0 Å². The maximum absolute atomic E-state index is 3.78. The molecule has 0 fully saturated rings. The number of halogens is 2. The van der Waals surface area contributed by atoms with Gasteiger partial charge in [0, 0.05) is 0 Å². The second-order valence-electron chi connectivity index (χ2n) is 3.23. The summed E-state index contributed by atoms with van der Waals surface area (Å²) >= 11 is 5.96. The second-order valence-corrected chi connectivity index (χ2v) is 22.5. The molecule has 68 valence electrons. The van der Waals surface area contributed by atoms with Gasteiger partial charge in [-0.15, -0.1) is 0 Å². The van der Waals surface area contributed by atoms with E-state index in [0.717, 1.165) is 0 Å². The third-order valence-corrected chi connectivity index (χ3v) is 24.1. The van der Waals surface area contributed by atoms with E-state index in [2.05, 4.69) is 59.6 Å². The predicted molar refractivity (Wildman–Crippen MR) is 63.5 cm³/mol. The zero-order valence-corrected chi connectivity index (χ0v) is 13.1. The number of hydrogen-bond donors (Lipinski definition) is 0. The molecule has 3 heteroatoms. The van der Waals surface area contributed by atoms with E-state index in [1.165, 1.54) is 15.8 Å². The first kappa shape index (κ1) is 12.5. The Balaban J connectivity index is 4.54. The molecule has 0 saturated heterocycles. The van der Waals surface area contributed by atoms with Crippen LogP contribution >= 0.6 is 31.9 Å². The Morgan fingerprint density at radius 2 is 1.27 bits per heavy atom. The van der Waals surface area contributed by atoms with Gasteiger partial charge in [-0.1, -0.05) is 0 Å². The molecule has 0 nitrogen and oxygen atoms in total. The molecular weight excluding hydrogens is 329 g/mol. The molecule has 0 radical (unpaired) electrons. The van der Waals surface area contributed by atoms with Crippen LogP contribution in [0.3, 0.4) is 0 Å². The van der Waals surface area contributed by atoms with Gasteiger partial charge in [0.05, 0.1) is 0 Å². The van der Waals surface area contributed by atoms with Crippen LogP contribution in [0.25, 0.3) is 0 Å². The Morgan fingerprint density at radius 3 is 1.27 bits per heavy atom. The molecule has 0 aromatic carbocycles. The Hall–Kier alpha value is 1.50. The zero-order valence-electron chi connectivity index (χ0n) is 7.88. The van der Waals surface area contributed by atoms with Gasteiger partial charge in [-0.3, -0.25) is 0 Å². The molecule has 0 unspecified atom stereocenters. The number of rotatable bonds is 4. The van der Waals surface area contributed by atoms with Crippen molar-refractivity contribution in [2.45, 2.75) is 45.5 Å². The molecule has 0 aliphatic rings. The quantitative estimate of drug-likeness (QED) is 0.518. The van der Waals surface area contributed by atoms with E-state index in [1.54, 1.807) is 0 Å². The molecule has 0 aliphatic heterocycles. The van der Waals surface area contributed by atoms with Crippen molar-refractivity contribution in [3.05, 3.63) is 0 Å². The molecule has 0 atom stereocenters. The van der Waals surface area contributed by atoms with Gasteiger partial charge in [0.25, 0.3) is 0 Å². The summed E-state index contributed by atoms with van der Waals surface area (Å²) in [7, 11) is 0. The van der Waals surface area contributed by atoms with E-state index in [0.29, 0.717) is 0 Å². The first-order chi connectivity index (χ1) is 4.93. The van der Waals surface area contributed by atoms with Crippen molar-refractivity contribution in [1.82, 2.24) is 0 Å². The summed E-state index contributed by atoms with van der Waals surface area (Å²) < 4.78 is 0.276. The normalized spacial score (nSPS) is 13.6. The van der Waals surface area contributed by atoms with Gasteiger partial charge in [0.15, 0.2) is 0 Å². The maximum atomic E-state index is 3.78. The molecule has 0 spiro atoms.